The Balaban J connectivity index is 3.49. The highest BCUT2D eigenvalue weighted by Crippen LogP contribution is 2.16. The topological polar surface area (TPSA) is 9.23 Å². The van der Waals surface area contributed by atoms with Gasteiger partial charge in [0.25, 0.3) is 0 Å². The molecule has 0 bridgehead atoms. The Morgan fingerprint density at radius 1 is 1.45 bits per heavy atom. The second-order valence-corrected chi connectivity index (χ2v) is 3.40. The molecule has 68 valence electrons. The van der Waals surface area contributed by atoms with Gasteiger partial charge in [0.15, 0.2) is 0 Å². The summed E-state index contributed by atoms with van der Waals surface area (Å²) in [6, 6.07) is 0. The summed E-state index contributed by atoms with van der Waals surface area (Å²) < 4.78 is 5.17. The molecule has 0 N–H and O–H groups in total. The molecule has 0 rings (SSSR count). The van der Waals surface area contributed by atoms with Crippen molar-refractivity contribution >= 4 is 11.6 Å². The van der Waals surface area contributed by atoms with E-state index in [1.54, 1.807) is 7.11 Å². The van der Waals surface area contributed by atoms with Gasteiger partial charge >= 0.3 is 0 Å². The summed E-state index contributed by atoms with van der Waals surface area (Å²) >= 11 is 5.79. The average molecular weight is 179 g/mol. The van der Waals surface area contributed by atoms with Crippen molar-refractivity contribution in [1.82, 2.24) is 0 Å². The lowest BCUT2D eigenvalue weighted by molar-refractivity contribution is 0.0965. The first-order chi connectivity index (χ1) is 5.24. The standard InChI is InChI=1S/C9H19ClO/c1-4-5-9(7-10)6-8(2)11-3/h8-9H,4-7H2,1-3H3. The minimum atomic E-state index is 0.352. The van der Waals surface area contributed by atoms with Crippen LogP contribution in [-0.2, 0) is 4.74 Å². The third-order valence-corrected chi connectivity index (χ3v) is 2.42. The van der Waals surface area contributed by atoms with Crippen molar-refractivity contribution in [3.8, 4) is 0 Å². The first-order valence-electron chi connectivity index (χ1n) is 4.33. The van der Waals surface area contributed by atoms with Crippen LogP contribution in [0.25, 0.3) is 0 Å². The van der Waals surface area contributed by atoms with Gasteiger partial charge < -0.3 is 4.74 Å². The molecule has 0 aliphatic rings. The third kappa shape index (κ3) is 5.51. The Hall–Kier alpha value is 0.250. The normalized spacial score (nSPS) is 16.4. The van der Waals surface area contributed by atoms with Crippen LogP contribution in [0.3, 0.4) is 0 Å². The number of rotatable bonds is 6. The van der Waals surface area contributed by atoms with Gasteiger partial charge in [-0.1, -0.05) is 13.3 Å². The molecule has 0 saturated carbocycles. The second-order valence-electron chi connectivity index (χ2n) is 3.09. The highest BCUT2D eigenvalue weighted by molar-refractivity contribution is 6.18. The Bertz CT molecular complexity index is 85.6. The van der Waals surface area contributed by atoms with E-state index in [1.165, 1.54) is 12.8 Å². The summed E-state index contributed by atoms with van der Waals surface area (Å²) in [7, 11) is 1.75. The van der Waals surface area contributed by atoms with Crippen molar-refractivity contribution in [2.24, 2.45) is 5.92 Å². The van der Waals surface area contributed by atoms with E-state index in [2.05, 4.69) is 13.8 Å². The zero-order chi connectivity index (χ0) is 8.69. The maximum atomic E-state index is 5.79. The molecule has 2 atom stereocenters. The molecule has 0 saturated heterocycles. The first kappa shape index (κ1) is 11.2. The number of hydrogen-bond acceptors (Lipinski definition) is 1. The van der Waals surface area contributed by atoms with Gasteiger partial charge in [-0.25, -0.2) is 0 Å². The van der Waals surface area contributed by atoms with Gasteiger partial charge in [-0.3, -0.25) is 0 Å². The Kier molecular flexibility index (Phi) is 7.09. The van der Waals surface area contributed by atoms with E-state index in [0.717, 1.165) is 12.3 Å². The highest BCUT2D eigenvalue weighted by atomic mass is 35.5. The molecule has 0 aromatic carbocycles. The molecule has 0 amide bonds. The molecule has 0 aliphatic heterocycles. The van der Waals surface area contributed by atoms with Gasteiger partial charge in [0.1, 0.15) is 0 Å². The van der Waals surface area contributed by atoms with Crippen molar-refractivity contribution in [3.63, 3.8) is 0 Å². The van der Waals surface area contributed by atoms with Crippen molar-refractivity contribution in [3.05, 3.63) is 0 Å². The summed E-state index contributed by atoms with van der Waals surface area (Å²) in [4.78, 5) is 0. The van der Waals surface area contributed by atoms with Gasteiger partial charge in [0.05, 0.1) is 6.10 Å². The first-order valence-corrected chi connectivity index (χ1v) is 4.86. The maximum absolute atomic E-state index is 5.79. The molecule has 2 heteroatoms. The lowest BCUT2D eigenvalue weighted by Crippen LogP contribution is -2.13. The fourth-order valence-corrected chi connectivity index (χ4v) is 1.51. The molecule has 0 aromatic rings. The SMILES string of the molecule is CCCC(CCl)CC(C)OC. The minimum absolute atomic E-state index is 0.352. The lowest BCUT2D eigenvalue weighted by Gasteiger charge is -2.16. The number of ether oxygens (including phenoxy) is 1. The molecule has 0 radical (unpaired) electrons. The van der Waals surface area contributed by atoms with Gasteiger partial charge in [-0.2, -0.15) is 0 Å². The summed E-state index contributed by atoms with van der Waals surface area (Å²) in [6.45, 7) is 4.28. The molecular formula is C9H19ClO. The van der Waals surface area contributed by atoms with Crippen LogP contribution in [0.5, 0.6) is 0 Å². The Morgan fingerprint density at radius 2 is 2.09 bits per heavy atom. The average Bonchev–Trinajstić information content (AvgIpc) is 2.03. The molecule has 2 unspecified atom stereocenters. The lowest BCUT2D eigenvalue weighted by atomic mass is 9.99. The van der Waals surface area contributed by atoms with Crippen molar-refractivity contribution in [2.75, 3.05) is 13.0 Å². The zero-order valence-corrected chi connectivity index (χ0v) is 8.53. The van der Waals surface area contributed by atoms with Crippen LogP contribution in [0.15, 0.2) is 0 Å². The minimum Gasteiger partial charge on any atom is -0.382 e. The number of halogens is 1. The van der Waals surface area contributed by atoms with Crippen LogP contribution in [0.1, 0.15) is 33.1 Å². The van der Waals surface area contributed by atoms with E-state index in [-0.39, 0.29) is 0 Å². The van der Waals surface area contributed by atoms with Crippen molar-refractivity contribution < 1.29 is 4.74 Å². The number of alkyl halides is 1. The summed E-state index contributed by atoms with van der Waals surface area (Å²) in [5, 5.41) is 0. The zero-order valence-electron chi connectivity index (χ0n) is 7.77. The fraction of sp³-hybridized carbons (Fsp3) is 1.00. The number of hydrogen-bond donors (Lipinski definition) is 0. The predicted octanol–water partition coefficient (Wildman–Crippen LogP) is 3.07. The largest absolute Gasteiger partial charge is 0.382 e. The summed E-state index contributed by atoms with van der Waals surface area (Å²) in [5.41, 5.74) is 0. The van der Waals surface area contributed by atoms with E-state index >= 15 is 0 Å². The summed E-state index contributed by atoms with van der Waals surface area (Å²) in [6.07, 6.45) is 3.88. The van der Waals surface area contributed by atoms with Crippen LogP contribution in [0.4, 0.5) is 0 Å². The van der Waals surface area contributed by atoms with Gasteiger partial charge in [0, 0.05) is 13.0 Å². The van der Waals surface area contributed by atoms with Gasteiger partial charge in [-0.15, -0.1) is 11.6 Å². The smallest absolute Gasteiger partial charge is 0.0546 e. The predicted molar refractivity (Wildman–Crippen MR) is 50.2 cm³/mol. The maximum Gasteiger partial charge on any atom is 0.0546 e. The second kappa shape index (κ2) is 6.93. The molecular weight excluding hydrogens is 160 g/mol. The quantitative estimate of drug-likeness (QED) is 0.568. The van der Waals surface area contributed by atoms with E-state index in [1.807, 2.05) is 0 Å². The van der Waals surface area contributed by atoms with Crippen LogP contribution < -0.4 is 0 Å². The monoisotopic (exact) mass is 178 g/mol. The molecule has 1 nitrogen and oxygen atoms in total. The number of methoxy groups -OCH3 is 1. The summed E-state index contributed by atoms with van der Waals surface area (Å²) in [5.74, 6) is 1.40. The van der Waals surface area contributed by atoms with Gasteiger partial charge in [0.2, 0.25) is 0 Å². The van der Waals surface area contributed by atoms with E-state index < -0.39 is 0 Å². The molecule has 0 aliphatic carbocycles. The highest BCUT2D eigenvalue weighted by Gasteiger charge is 2.10. The Labute approximate surface area is 75.1 Å². The van der Waals surface area contributed by atoms with E-state index in [0.29, 0.717) is 12.0 Å². The Morgan fingerprint density at radius 3 is 2.45 bits per heavy atom. The fourth-order valence-electron chi connectivity index (χ4n) is 1.23. The van der Waals surface area contributed by atoms with Gasteiger partial charge in [-0.05, 0) is 25.7 Å². The van der Waals surface area contributed by atoms with Crippen LogP contribution in [0.2, 0.25) is 0 Å². The molecule has 0 heterocycles. The molecule has 11 heavy (non-hydrogen) atoms. The van der Waals surface area contributed by atoms with Crippen LogP contribution >= 0.6 is 11.6 Å². The van der Waals surface area contributed by atoms with Crippen LogP contribution in [0, 0.1) is 5.92 Å². The van der Waals surface area contributed by atoms with Crippen molar-refractivity contribution in [1.29, 1.82) is 0 Å². The van der Waals surface area contributed by atoms with E-state index in [9.17, 15) is 0 Å². The molecule has 0 fully saturated rings. The molecule has 0 spiro atoms. The van der Waals surface area contributed by atoms with Crippen LogP contribution in [-0.4, -0.2) is 19.1 Å². The van der Waals surface area contributed by atoms with Crippen molar-refractivity contribution in [2.45, 2.75) is 39.2 Å². The molecule has 0 aromatic heterocycles. The van der Waals surface area contributed by atoms with E-state index in [4.69, 9.17) is 16.3 Å². The third-order valence-electron chi connectivity index (χ3n) is 1.98.